The van der Waals surface area contributed by atoms with Crippen molar-refractivity contribution in [3.05, 3.63) is 23.2 Å². The van der Waals surface area contributed by atoms with Gasteiger partial charge in [-0.3, -0.25) is 0 Å². The summed E-state index contributed by atoms with van der Waals surface area (Å²) in [5, 5.41) is 3.40. The maximum Gasteiger partial charge on any atom is 0.341 e. The van der Waals surface area contributed by atoms with E-state index in [4.69, 9.17) is 9.15 Å². The first-order valence-electron chi connectivity index (χ1n) is 7.67. The van der Waals surface area contributed by atoms with Gasteiger partial charge < -0.3 is 19.4 Å². The maximum atomic E-state index is 11.5. The van der Waals surface area contributed by atoms with Crippen molar-refractivity contribution in [3.8, 4) is 0 Å². The van der Waals surface area contributed by atoms with Crippen LogP contribution in [0.25, 0.3) is 0 Å². The topological polar surface area (TPSA) is 54.7 Å². The molecule has 0 amide bonds. The van der Waals surface area contributed by atoms with E-state index in [0.29, 0.717) is 17.9 Å². The summed E-state index contributed by atoms with van der Waals surface area (Å²) in [5.74, 6) is 1.90. The zero-order valence-electron chi connectivity index (χ0n) is 13.3. The molecule has 1 aliphatic heterocycles. The van der Waals surface area contributed by atoms with Crippen molar-refractivity contribution in [1.82, 2.24) is 10.2 Å². The van der Waals surface area contributed by atoms with E-state index in [2.05, 4.69) is 17.3 Å². The molecule has 2 heterocycles. The van der Waals surface area contributed by atoms with Gasteiger partial charge in [-0.2, -0.15) is 0 Å². The molecule has 0 bridgehead atoms. The largest absolute Gasteiger partial charge is 0.465 e. The van der Waals surface area contributed by atoms with E-state index in [1.165, 1.54) is 39.5 Å². The van der Waals surface area contributed by atoms with Crippen LogP contribution in [0.5, 0.6) is 0 Å². The number of aryl methyl sites for hydroxylation is 1. The fraction of sp³-hybridized carbons (Fsp3) is 0.688. The summed E-state index contributed by atoms with van der Waals surface area (Å²) in [4.78, 5) is 13.9. The van der Waals surface area contributed by atoms with E-state index in [1.54, 1.807) is 13.0 Å². The lowest BCUT2D eigenvalue weighted by Crippen LogP contribution is -2.31. The predicted molar refractivity (Wildman–Crippen MR) is 81.3 cm³/mol. The third kappa shape index (κ3) is 4.58. The lowest BCUT2D eigenvalue weighted by molar-refractivity contribution is 0.0599. The SMILES string of the molecule is COC(=O)c1cc(CNCCC2CCN(C)CC2)oc1C. The summed E-state index contributed by atoms with van der Waals surface area (Å²) in [6.45, 7) is 5.86. The number of methoxy groups -OCH3 is 1. The molecule has 118 valence electrons. The molecule has 1 fully saturated rings. The molecule has 5 nitrogen and oxygen atoms in total. The number of rotatable bonds is 6. The molecule has 0 radical (unpaired) electrons. The Kier molecular flexibility index (Phi) is 5.82. The number of nitrogens with one attached hydrogen (secondary N) is 1. The number of piperidine rings is 1. The highest BCUT2D eigenvalue weighted by Crippen LogP contribution is 2.19. The van der Waals surface area contributed by atoms with Gasteiger partial charge in [-0.05, 0) is 64.9 Å². The first kappa shape index (κ1) is 16.0. The van der Waals surface area contributed by atoms with Gasteiger partial charge in [0.25, 0.3) is 0 Å². The maximum absolute atomic E-state index is 11.5. The average Bonchev–Trinajstić information content (AvgIpc) is 2.85. The first-order valence-corrected chi connectivity index (χ1v) is 7.67. The van der Waals surface area contributed by atoms with E-state index in [9.17, 15) is 4.79 Å². The van der Waals surface area contributed by atoms with Crippen LogP contribution in [0.1, 0.15) is 41.1 Å². The van der Waals surface area contributed by atoms with Crippen LogP contribution < -0.4 is 5.32 Å². The van der Waals surface area contributed by atoms with Gasteiger partial charge in [-0.1, -0.05) is 0 Å². The Bertz CT molecular complexity index is 462. The Hall–Kier alpha value is -1.33. The smallest absolute Gasteiger partial charge is 0.341 e. The predicted octanol–water partition coefficient (Wildman–Crippen LogP) is 2.20. The van der Waals surface area contributed by atoms with Crippen LogP contribution in [0.4, 0.5) is 0 Å². The summed E-state index contributed by atoms with van der Waals surface area (Å²) in [7, 11) is 3.57. The first-order chi connectivity index (χ1) is 10.1. The molecule has 5 heteroatoms. The summed E-state index contributed by atoms with van der Waals surface area (Å²) < 4.78 is 10.3. The normalized spacial score (nSPS) is 17.1. The van der Waals surface area contributed by atoms with E-state index in [1.807, 2.05) is 0 Å². The minimum atomic E-state index is -0.339. The number of likely N-dealkylation sites (tertiary alicyclic amines) is 1. The van der Waals surface area contributed by atoms with Crippen molar-refractivity contribution in [2.75, 3.05) is 33.8 Å². The Balaban J connectivity index is 1.70. The Labute approximate surface area is 126 Å². The molecular weight excluding hydrogens is 268 g/mol. The molecule has 0 atom stereocenters. The number of hydrogen-bond acceptors (Lipinski definition) is 5. The summed E-state index contributed by atoms with van der Waals surface area (Å²) in [6.07, 6.45) is 3.80. The molecule has 1 aliphatic rings. The van der Waals surface area contributed by atoms with Crippen LogP contribution in [-0.2, 0) is 11.3 Å². The van der Waals surface area contributed by atoms with Crippen molar-refractivity contribution in [2.24, 2.45) is 5.92 Å². The van der Waals surface area contributed by atoms with E-state index < -0.39 is 0 Å². The van der Waals surface area contributed by atoms with Crippen molar-refractivity contribution in [1.29, 1.82) is 0 Å². The summed E-state index contributed by atoms with van der Waals surface area (Å²) in [5.41, 5.74) is 0.518. The van der Waals surface area contributed by atoms with E-state index in [-0.39, 0.29) is 5.97 Å². The molecular formula is C16H26N2O3. The lowest BCUT2D eigenvalue weighted by Gasteiger charge is -2.28. The van der Waals surface area contributed by atoms with Crippen LogP contribution >= 0.6 is 0 Å². The van der Waals surface area contributed by atoms with Gasteiger partial charge in [0.05, 0.1) is 13.7 Å². The Morgan fingerprint density at radius 3 is 2.86 bits per heavy atom. The minimum Gasteiger partial charge on any atom is -0.465 e. The van der Waals surface area contributed by atoms with Crippen LogP contribution in [-0.4, -0.2) is 44.7 Å². The number of ether oxygens (including phenoxy) is 1. The zero-order valence-corrected chi connectivity index (χ0v) is 13.3. The van der Waals surface area contributed by atoms with Gasteiger partial charge in [-0.25, -0.2) is 4.79 Å². The third-order valence-electron chi connectivity index (χ3n) is 4.24. The van der Waals surface area contributed by atoms with Gasteiger partial charge in [0.1, 0.15) is 17.1 Å². The van der Waals surface area contributed by atoms with Gasteiger partial charge in [0.15, 0.2) is 0 Å². The van der Waals surface area contributed by atoms with Gasteiger partial charge in [-0.15, -0.1) is 0 Å². The third-order valence-corrected chi connectivity index (χ3v) is 4.24. The fourth-order valence-corrected chi connectivity index (χ4v) is 2.81. The van der Waals surface area contributed by atoms with Crippen molar-refractivity contribution >= 4 is 5.97 Å². The van der Waals surface area contributed by atoms with Gasteiger partial charge in [0.2, 0.25) is 0 Å². The molecule has 1 aromatic rings. The number of furan rings is 1. The molecule has 1 aromatic heterocycles. The fourth-order valence-electron chi connectivity index (χ4n) is 2.81. The van der Waals surface area contributed by atoms with E-state index in [0.717, 1.165) is 18.2 Å². The van der Waals surface area contributed by atoms with Crippen molar-refractivity contribution in [2.45, 2.75) is 32.7 Å². The quantitative estimate of drug-likeness (QED) is 0.644. The summed E-state index contributed by atoms with van der Waals surface area (Å²) in [6, 6.07) is 1.77. The number of hydrogen-bond donors (Lipinski definition) is 1. The molecule has 2 rings (SSSR count). The number of carbonyl (C=O) groups excluding carboxylic acids is 1. The second kappa shape index (κ2) is 7.61. The van der Waals surface area contributed by atoms with Crippen LogP contribution in [0.2, 0.25) is 0 Å². The molecule has 0 spiro atoms. The summed E-state index contributed by atoms with van der Waals surface area (Å²) >= 11 is 0. The highest BCUT2D eigenvalue weighted by molar-refractivity contribution is 5.90. The standard InChI is InChI=1S/C16H26N2O3/c1-12-15(16(19)20-3)10-14(21-12)11-17-7-4-13-5-8-18(2)9-6-13/h10,13,17H,4-9,11H2,1-3H3. The monoisotopic (exact) mass is 294 g/mol. The molecule has 1 saturated heterocycles. The van der Waals surface area contributed by atoms with Crippen LogP contribution in [0, 0.1) is 12.8 Å². The molecule has 21 heavy (non-hydrogen) atoms. The molecule has 0 aliphatic carbocycles. The number of esters is 1. The Morgan fingerprint density at radius 1 is 1.48 bits per heavy atom. The highest BCUT2D eigenvalue weighted by atomic mass is 16.5. The minimum absolute atomic E-state index is 0.339. The lowest BCUT2D eigenvalue weighted by atomic mass is 9.94. The van der Waals surface area contributed by atoms with Crippen LogP contribution in [0.15, 0.2) is 10.5 Å². The van der Waals surface area contributed by atoms with Crippen molar-refractivity contribution < 1.29 is 13.9 Å². The zero-order chi connectivity index (χ0) is 15.2. The van der Waals surface area contributed by atoms with Gasteiger partial charge in [0, 0.05) is 0 Å². The highest BCUT2D eigenvalue weighted by Gasteiger charge is 2.17. The number of carbonyl (C=O) groups is 1. The molecule has 0 saturated carbocycles. The Morgan fingerprint density at radius 2 is 2.19 bits per heavy atom. The van der Waals surface area contributed by atoms with Crippen molar-refractivity contribution in [3.63, 3.8) is 0 Å². The average molecular weight is 294 g/mol. The van der Waals surface area contributed by atoms with Crippen LogP contribution in [0.3, 0.4) is 0 Å². The van der Waals surface area contributed by atoms with E-state index >= 15 is 0 Å². The molecule has 1 N–H and O–H groups in total. The van der Waals surface area contributed by atoms with Gasteiger partial charge >= 0.3 is 5.97 Å². The second-order valence-corrected chi connectivity index (χ2v) is 5.89. The second-order valence-electron chi connectivity index (χ2n) is 5.89. The molecule has 0 unspecified atom stereocenters. The number of nitrogens with zero attached hydrogens (tertiary/aromatic N) is 1. The molecule has 0 aromatic carbocycles.